The van der Waals surface area contributed by atoms with Crippen LogP contribution < -0.4 is 0 Å². The minimum atomic E-state index is -1.39. The highest BCUT2D eigenvalue weighted by Gasteiger charge is 2.19. The quantitative estimate of drug-likeness (QED) is 0.519. The molecular formula is C5H14OSi2. The largest absolute Gasteiger partial charge is 0.461 e. The van der Waals surface area contributed by atoms with Crippen molar-refractivity contribution in [2.75, 3.05) is 0 Å². The molecule has 8 heavy (non-hydrogen) atoms. The van der Waals surface area contributed by atoms with Crippen LogP contribution in [0.4, 0.5) is 0 Å². The van der Waals surface area contributed by atoms with Crippen LogP contribution in [0.2, 0.25) is 13.1 Å². The third kappa shape index (κ3) is 1.94. The Labute approximate surface area is 55.4 Å². The highest BCUT2D eigenvalue weighted by atomic mass is 28.4. The van der Waals surface area contributed by atoms with Crippen LogP contribution >= 0.6 is 0 Å². The van der Waals surface area contributed by atoms with E-state index in [0.717, 1.165) is 10.5 Å². The molecule has 0 N–H and O–H groups in total. The molecule has 0 rings (SSSR count). The zero-order valence-corrected chi connectivity index (χ0v) is 9.12. The number of allylic oxidation sites excluding steroid dienone is 1. The minimum Gasteiger partial charge on any atom is -0.461 e. The summed E-state index contributed by atoms with van der Waals surface area (Å²) in [6.07, 6.45) is 0. The van der Waals surface area contributed by atoms with Gasteiger partial charge < -0.3 is 4.12 Å². The van der Waals surface area contributed by atoms with E-state index in [4.69, 9.17) is 4.12 Å². The predicted molar refractivity (Wildman–Crippen MR) is 43.3 cm³/mol. The second kappa shape index (κ2) is 2.61. The summed E-state index contributed by atoms with van der Waals surface area (Å²) in [4.78, 5) is 0. The lowest BCUT2D eigenvalue weighted by Gasteiger charge is -2.19. The molecule has 0 aromatic heterocycles. The molecule has 3 heteroatoms. The third-order valence-corrected chi connectivity index (χ3v) is 7.68. The van der Waals surface area contributed by atoms with E-state index >= 15 is 0 Å². The molecule has 0 saturated carbocycles. The summed E-state index contributed by atoms with van der Waals surface area (Å²) in [5, 5.41) is 1.23. The second-order valence-electron chi connectivity index (χ2n) is 2.49. The number of hydrogen-bond donors (Lipinski definition) is 0. The first-order valence-corrected chi connectivity index (χ1v) is 6.44. The van der Waals surface area contributed by atoms with Gasteiger partial charge in [-0.15, -0.1) is 6.58 Å². The van der Waals surface area contributed by atoms with E-state index in [0.29, 0.717) is 0 Å². The van der Waals surface area contributed by atoms with E-state index in [-0.39, 0.29) is 0 Å². The summed E-state index contributed by atoms with van der Waals surface area (Å²) >= 11 is 0. The van der Waals surface area contributed by atoms with Crippen LogP contribution in [-0.2, 0) is 4.12 Å². The van der Waals surface area contributed by atoms with Crippen molar-refractivity contribution in [3.05, 3.63) is 11.8 Å². The van der Waals surface area contributed by atoms with E-state index in [1.807, 2.05) is 6.92 Å². The van der Waals surface area contributed by atoms with Gasteiger partial charge in [-0.05, 0) is 20.0 Å². The minimum absolute atomic E-state index is 0.846. The van der Waals surface area contributed by atoms with Gasteiger partial charge in [0.2, 0.25) is 0 Å². The second-order valence-corrected chi connectivity index (χ2v) is 8.00. The van der Waals surface area contributed by atoms with Crippen LogP contribution in [0, 0.1) is 0 Å². The lowest BCUT2D eigenvalue weighted by Crippen LogP contribution is -2.30. The first kappa shape index (κ1) is 8.13. The highest BCUT2D eigenvalue weighted by molar-refractivity contribution is 6.80. The molecule has 0 aliphatic heterocycles. The Bertz CT molecular complexity index is 98.6. The number of rotatable bonds is 2. The molecule has 0 unspecified atom stereocenters. The van der Waals surface area contributed by atoms with Crippen molar-refractivity contribution in [3.8, 4) is 0 Å². The molecule has 0 aliphatic rings. The summed E-state index contributed by atoms with van der Waals surface area (Å²) in [5.74, 6) is 0. The summed E-state index contributed by atoms with van der Waals surface area (Å²) < 4.78 is 5.38. The topological polar surface area (TPSA) is 9.23 Å². The van der Waals surface area contributed by atoms with Crippen molar-refractivity contribution in [1.29, 1.82) is 0 Å². The molecule has 0 bridgehead atoms. The van der Waals surface area contributed by atoms with E-state index in [9.17, 15) is 0 Å². The monoisotopic (exact) mass is 146 g/mol. The standard InChI is InChI=1S/C5H14OSi2/c1-5(2)8(3,4)6-7/h1H2,2-4,7H3. The summed E-state index contributed by atoms with van der Waals surface area (Å²) in [6, 6.07) is 0. The Hall–Kier alpha value is 0.134. The van der Waals surface area contributed by atoms with E-state index in [1.165, 1.54) is 5.20 Å². The maximum Gasteiger partial charge on any atom is 0.200 e. The van der Waals surface area contributed by atoms with Crippen LogP contribution in [0.5, 0.6) is 0 Å². The number of hydrogen-bond acceptors (Lipinski definition) is 1. The molecule has 0 aromatic carbocycles. The molecule has 0 aromatic rings. The fourth-order valence-corrected chi connectivity index (χ4v) is 1.57. The Morgan fingerprint density at radius 2 is 2.00 bits per heavy atom. The maximum atomic E-state index is 5.38. The average Bonchev–Trinajstić information content (AvgIpc) is 1.67. The highest BCUT2D eigenvalue weighted by Crippen LogP contribution is 2.10. The average molecular weight is 146 g/mol. The zero-order valence-electron chi connectivity index (χ0n) is 6.12. The third-order valence-electron chi connectivity index (χ3n) is 1.54. The van der Waals surface area contributed by atoms with Gasteiger partial charge in [-0.25, -0.2) is 0 Å². The molecule has 0 heterocycles. The van der Waals surface area contributed by atoms with E-state index in [2.05, 4.69) is 19.7 Å². The smallest absolute Gasteiger partial charge is 0.200 e. The van der Waals surface area contributed by atoms with Gasteiger partial charge in [0, 0.05) is 0 Å². The van der Waals surface area contributed by atoms with Crippen molar-refractivity contribution in [2.24, 2.45) is 0 Å². The molecule has 0 amide bonds. The van der Waals surface area contributed by atoms with E-state index in [1.54, 1.807) is 0 Å². The van der Waals surface area contributed by atoms with Crippen molar-refractivity contribution >= 4 is 18.8 Å². The van der Waals surface area contributed by atoms with Gasteiger partial charge in [0.1, 0.15) is 10.5 Å². The van der Waals surface area contributed by atoms with Gasteiger partial charge in [-0.2, -0.15) is 0 Å². The van der Waals surface area contributed by atoms with Crippen LogP contribution in [-0.4, -0.2) is 18.8 Å². The SMILES string of the molecule is C=C(C)[Si](C)(C)O[SiH3]. The lowest BCUT2D eigenvalue weighted by molar-refractivity contribution is 0.621. The van der Waals surface area contributed by atoms with Gasteiger partial charge in [0.25, 0.3) is 0 Å². The zero-order chi connectivity index (χ0) is 6.78. The summed E-state index contributed by atoms with van der Waals surface area (Å²) in [7, 11) is -0.541. The van der Waals surface area contributed by atoms with Gasteiger partial charge in [-0.1, -0.05) is 5.20 Å². The van der Waals surface area contributed by atoms with Crippen LogP contribution in [0.15, 0.2) is 11.8 Å². The van der Waals surface area contributed by atoms with Gasteiger partial charge >= 0.3 is 0 Å². The van der Waals surface area contributed by atoms with E-state index < -0.39 is 8.32 Å². The molecule has 1 nitrogen and oxygen atoms in total. The molecule has 0 aliphatic carbocycles. The predicted octanol–water partition coefficient (Wildman–Crippen LogP) is 0.604. The molecule has 0 spiro atoms. The Morgan fingerprint density at radius 3 is 2.00 bits per heavy atom. The summed E-state index contributed by atoms with van der Waals surface area (Å²) in [6.45, 7) is 10.2. The summed E-state index contributed by atoms with van der Waals surface area (Å²) in [5.41, 5.74) is 0. The fraction of sp³-hybridized carbons (Fsp3) is 0.600. The van der Waals surface area contributed by atoms with Gasteiger partial charge in [-0.3, -0.25) is 0 Å². The lowest BCUT2D eigenvalue weighted by atomic mass is 10.8. The molecule has 0 atom stereocenters. The van der Waals surface area contributed by atoms with Crippen LogP contribution in [0.25, 0.3) is 0 Å². The van der Waals surface area contributed by atoms with Crippen molar-refractivity contribution in [3.63, 3.8) is 0 Å². The van der Waals surface area contributed by atoms with Crippen molar-refractivity contribution in [1.82, 2.24) is 0 Å². The van der Waals surface area contributed by atoms with Crippen molar-refractivity contribution < 1.29 is 4.12 Å². The Morgan fingerprint density at radius 1 is 1.62 bits per heavy atom. The normalized spacial score (nSPS) is 11.9. The first-order chi connectivity index (χ1) is 3.50. The van der Waals surface area contributed by atoms with Gasteiger partial charge in [0.05, 0.1) is 0 Å². The Balaban J connectivity index is 3.91. The molecule has 48 valence electrons. The molecular weight excluding hydrogens is 132 g/mol. The molecule has 0 saturated heterocycles. The van der Waals surface area contributed by atoms with Gasteiger partial charge in [0.15, 0.2) is 8.32 Å². The molecule has 0 radical (unpaired) electrons. The molecule has 0 fully saturated rings. The van der Waals surface area contributed by atoms with Crippen LogP contribution in [0.1, 0.15) is 6.92 Å². The Kier molecular flexibility index (Phi) is 2.66. The maximum absolute atomic E-state index is 5.38. The fourth-order valence-electron chi connectivity index (χ4n) is 0.174. The van der Waals surface area contributed by atoms with Crippen LogP contribution in [0.3, 0.4) is 0 Å². The van der Waals surface area contributed by atoms with Crippen molar-refractivity contribution in [2.45, 2.75) is 20.0 Å². The first-order valence-electron chi connectivity index (χ1n) is 2.72.